The van der Waals surface area contributed by atoms with Gasteiger partial charge in [-0.3, -0.25) is 10.6 Å². The van der Waals surface area contributed by atoms with E-state index in [9.17, 15) is 18.0 Å². The van der Waals surface area contributed by atoms with E-state index in [1.165, 1.54) is 11.0 Å². The summed E-state index contributed by atoms with van der Waals surface area (Å²) in [4.78, 5) is 13.9. The van der Waals surface area contributed by atoms with Crippen molar-refractivity contribution in [3.63, 3.8) is 0 Å². The largest absolute Gasteiger partial charge is 0.416 e. The molecule has 0 radical (unpaired) electrons. The summed E-state index contributed by atoms with van der Waals surface area (Å²) in [6.07, 6.45) is -4.50. The van der Waals surface area contributed by atoms with E-state index < -0.39 is 17.6 Å². The third kappa shape index (κ3) is 4.35. The van der Waals surface area contributed by atoms with Crippen LogP contribution in [0.4, 0.5) is 18.9 Å². The maximum atomic E-state index is 12.8. The van der Waals surface area contributed by atoms with Crippen LogP contribution in [-0.4, -0.2) is 23.9 Å². The molecule has 7 heteroatoms. The molecule has 0 saturated carbocycles. The Kier molecular flexibility index (Phi) is 5.60. The third-order valence-electron chi connectivity index (χ3n) is 2.99. The summed E-state index contributed by atoms with van der Waals surface area (Å²) in [7, 11) is 0. The van der Waals surface area contributed by atoms with Gasteiger partial charge in [-0.15, -0.1) is 0 Å². The lowest BCUT2D eigenvalue weighted by Gasteiger charge is -2.24. The highest BCUT2D eigenvalue weighted by Gasteiger charge is 2.32. The Hall–Kier alpha value is -1.76. The molecule has 0 aliphatic carbocycles. The fraction of sp³-hybridized carbons (Fsp3) is 0.500. The number of nitrogen functional groups attached to an aromatic ring is 1. The maximum absolute atomic E-state index is 12.8. The van der Waals surface area contributed by atoms with Gasteiger partial charge in [-0.2, -0.15) is 13.2 Å². The second-order valence-corrected chi connectivity index (χ2v) is 5.14. The number of nitrogens with zero attached hydrogens (tertiary/aromatic N) is 1. The molecule has 0 fully saturated rings. The summed E-state index contributed by atoms with van der Waals surface area (Å²) >= 11 is 0. The number of hydrazine groups is 1. The van der Waals surface area contributed by atoms with Gasteiger partial charge < -0.3 is 10.3 Å². The molecule has 1 aromatic carbocycles. The van der Waals surface area contributed by atoms with E-state index in [1.54, 1.807) is 6.92 Å². The van der Waals surface area contributed by atoms with E-state index in [1.807, 2.05) is 13.8 Å². The molecule has 1 aromatic rings. The highest BCUT2D eigenvalue weighted by molar-refractivity contribution is 5.99. The molecule has 0 spiro atoms. The van der Waals surface area contributed by atoms with Gasteiger partial charge in [0.2, 0.25) is 0 Å². The van der Waals surface area contributed by atoms with Crippen molar-refractivity contribution in [2.75, 3.05) is 18.5 Å². The minimum absolute atomic E-state index is 0.0742. The first-order chi connectivity index (χ1) is 9.70. The van der Waals surface area contributed by atoms with Gasteiger partial charge >= 0.3 is 6.18 Å². The SMILES string of the molecule is CCN(CC(C)C)C(=O)c1cc(C(F)(F)F)ccc1NN. The second kappa shape index (κ2) is 6.80. The van der Waals surface area contributed by atoms with Gasteiger partial charge in [-0.05, 0) is 31.0 Å². The Morgan fingerprint density at radius 2 is 2.00 bits per heavy atom. The Bertz CT molecular complexity index is 501. The van der Waals surface area contributed by atoms with Gasteiger partial charge in [0.25, 0.3) is 5.91 Å². The molecule has 0 aromatic heterocycles. The van der Waals surface area contributed by atoms with Crippen LogP contribution in [0.25, 0.3) is 0 Å². The number of halogens is 3. The Morgan fingerprint density at radius 3 is 2.43 bits per heavy atom. The van der Waals surface area contributed by atoms with Gasteiger partial charge in [0.05, 0.1) is 16.8 Å². The fourth-order valence-corrected chi connectivity index (χ4v) is 1.99. The zero-order valence-electron chi connectivity index (χ0n) is 12.3. The van der Waals surface area contributed by atoms with Crippen LogP contribution in [0.1, 0.15) is 36.7 Å². The topological polar surface area (TPSA) is 58.4 Å². The molecule has 118 valence electrons. The van der Waals surface area contributed by atoms with Crippen molar-refractivity contribution in [3.8, 4) is 0 Å². The van der Waals surface area contributed by atoms with Crippen molar-refractivity contribution in [2.24, 2.45) is 11.8 Å². The van der Waals surface area contributed by atoms with Crippen molar-refractivity contribution in [3.05, 3.63) is 29.3 Å². The predicted octanol–water partition coefficient (Wildman–Crippen LogP) is 3.11. The molecular weight excluding hydrogens is 283 g/mol. The van der Waals surface area contributed by atoms with Crippen LogP contribution in [0.5, 0.6) is 0 Å². The summed E-state index contributed by atoms with van der Waals surface area (Å²) in [5.41, 5.74) is 1.50. The van der Waals surface area contributed by atoms with Crippen LogP contribution in [0, 0.1) is 5.92 Å². The molecule has 21 heavy (non-hydrogen) atoms. The molecule has 0 bridgehead atoms. The summed E-state index contributed by atoms with van der Waals surface area (Å²) < 4.78 is 38.4. The minimum atomic E-state index is -4.50. The number of rotatable bonds is 5. The van der Waals surface area contributed by atoms with E-state index in [4.69, 9.17) is 5.84 Å². The quantitative estimate of drug-likeness (QED) is 0.649. The first-order valence-corrected chi connectivity index (χ1v) is 6.67. The zero-order valence-corrected chi connectivity index (χ0v) is 12.3. The fourth-order valence-electron chi connectivity index (χ4n) is 1.99. The number of benzene rings is 1. The number of nitrogens with one attached hydrogen (secondary N) is 1. The van der Waals surface area contributed by atoms with Crippen molar-refractivity contribution >= 4 is 11.6 Å². The molecule has 4 nitrogen and oxygen atoms in total. The van der Waals surface area contributed by atoms with Crippen molar-refractivity contribution < 1.29 is 18.0 Å². The smallest absolute Gasteiger partial charge is 0.339 e. The molecule has 1 amide bonds. The van der Waals surface area contributed by atoms with E-state index in [0.717, 1.165) is 12.1 Å². The van der Waals surface area contributed by atoms with Gasteiger partial charge in [-0.1, -0.05) is 13.8 Å². The number of amides is 1. The average Bonchev–Trinajstić information content (AvgIpc) is 2.42. The van der Waals surface area contributed by atoms with Crippen molar-refractivity contribution in [1.82, 2.24) is 4.90 Å². The van der Waals surface area contributed by atoms with Crippen LogP contribution < -0.4 is 11.3 Å². The molecular formula is C14H20F3N3O. The van der Waals surface area contributed by atoms with Crippen LogP contribution in [0.3, 0.4) is 0 Å². The molecule has 0 aliphatic heterocycles. The first-order valence-electron chi connectivity index (χ1n) is 6.67. The Balaban J connectivity index is 3.22. The molecule has 0 atom stereocenters. The standard InChI is InChI=1S/C14H20F3N3O/c1-4-20(8-9(2)3)13(21)11-7-10(14(15,16)17)5-6-12(11)19-18/h5-7,9,19H,4,8,18H2,1-3H3. The number of hydrogen-bond donors (Lipinski definition) is 2. The Labute approximate surface area is 122 Å². The summed E-state index contributed by atoms with van der Waals surface area (Å²) in [5, 5.41) is 0. The number of anilines is 1. The summed E-state index contributed by atoms with van der Waals surface area (Å²) in [6.45, 7) is 6.53. The van der Waals surface area contributed by atoms with Gasteiger partial charge in [0.1, 0.15) is 0 Å². The maximum Gasteiger partial charge on any atom is 0.416 e. The molecule has 3 N–H and O–H groups in total. The lowest BCUT2D eigenvalue weighted by molar-refractivity contribution is -0.137. The van der Waals surface area contributed by atoms with Crippen molar-refractivity contribution in [1.29, 1.82) is 0 Å². The molecule has 0 aliphatic rings. The molecule has 1 rings (SSSR count). The second-order valence-electron chi connectivity index (χ2n) is 5.14. The number of carbonyl (C=O) groups is 1. The molecule has 0 saturated heterocycles. The minimum Gasteiger partial charge on any atom is -0.339 e. The van der Waals surface area contributed by atoms with Crippen LogP contribution >= 0.6 is 0 Å². The average molecular weight is 303 g/mol. The van der Waals surface area contributed by atoms with Crippen LogP contribution in [0.2, 0.25) is 0 Å². The Morgan fingerprint density at radius 1 is 1.38 bits per heavy atom. The normalized spacial score (nSPS) is 11.6. The number of nitrogens with two attached hydrogens (primary N) is 1. The van der Waals surface area contributed by atoms with E-state index in [-0.39, 0.29) is 17.2 Å². The monoisotopic (exact) mass is 303 g/mol. The molecule has 0 heterocycles. The van der Waals surface area contributed by atoms with E-state index in [2.05, 4.69) is 5.43 Å². The lowest BCUT2D eigenvalue weighted by Crippen LogP contribution is -2.34. The van der Waals surface area contributed by atoms with E-state index in [0.29, 0.717) is 13.1 Å². The third-order valence-corrected chi connectivity index (χ3v) is 2.99. The number of carbonyl (C=O) groups excluding carboxylic acids is 1. The summed E-state index contributed by atoms with van der Waals surface area (Å²) in [6, 6.07) is 2.89. The highest BCUT2D eigenvalue weighted by atomic mass is 19.4. The number of hydrogen-bond acceptors (Lipinski definition) is 3. The van der Waals surface area contributed by atoms with Crippen LogP contribution in [0.15, 0.2) is 18.2 Å². The summed E-state index contributed by atoms with van der Waals surface area (Å²) in [5.74, 6) is 5.04. The molecule has 0 unspecified atom stereocenters. The van der Waals surface area contributed by atoms with Crippen LogP contribution in [-0.2, 0) is 6.18 Å². The van der Waals surface area contributed by atoms with Gasteiger partial charge in [0, 0.05) is 13.1 Å². The van der Waals surface area contributed by atoms with Gasteiger partial charge in [0.15, 0.2) is 0 Å². The predicted molar refractivity (Wildman–Crippen MR) is 75.7 cm³/mol. The van der Waals surface area contributed by atoms with Gasteiger partial charge in [-0.25, -0.2) is 0 Å². The number of alkyl halides is 3. The van der Waals surface area contributed by atoms with E-state index >= 15 is 0 Å². The highest BCUT2D eigenvalue weighted by Crippen LogP contribution is 2.32. The zero-order chi connectivity index (χ0) is 16.2. The lowest BCUT2D eigenvalue weighted by atomic mass is 10.1. The first kappa shape index (κ1) is 17.3. The van der Waals surface area contributed by atoms with Crippen molar-refractivity contribution in [2.45, 2.75) is 26.9 Å².